The number of esters is 2. The number of rotatable bonds is 0. The van der Waals surface area contributed by atoms with Gasteiger partial charge in [0.2, 0.25) is 0 Å². The van der Waals surface area contributed by atoms with Crippen molar-refractivity contribution in [3.05, 3.63) is 35.4 Å². The molecular formula is C12H6O3. The Bertz CT molecular complexity index is 441. The van der Waals surface area contributed by atoms with Crippen LogP contribution in [0.2, 0.25) is 0 Å². The van der Waals surface area contributed by atoms with E-state index in [0.717, 1.165) is 0 Å². The number of cyclic esters (lactones) is 2. The number of carbonyl (C=O) groups is 2. The molecule has 3 heteroatoms. The third-order valence-electron chi connectivity index (χ3n) is 1.64. The summed E-state index contributed by atoms with van der Waals surface area (Å²) in [5.74, 6) is 2.82. The molecule has 1 aromatic carbocycles. The highest BCUT2D eigenvalue weighted by atomic mass is 16.6. The van der Waals surface area contributed by atoms with E-state index in [1.54, 1.807) is 24.3 Å². The van der Waals surface area contributed by atoms with Gasteiger partial charge in [-0.05, 0) is 24.0 Å². The Hall–Kier alpha value is -2.52. The van der Waals surface area contributed by atoms with Crippen molar-refractivity contribution in [2.75, 3.05) is 0 Å². The topological polar surface area (TPSA) is 43.4 Å². The fourth-order valence-electron chi connectivity index (χ4n) is 1.03. The van der Waals surface area contributed by atoms with Gasteiger partial charge in [0.25, 0.3) is 0 Å². The minimum Gasteiger partial charge on any atom is -0.386 e. The molecule has 0 N–H and O–H groups in total. The van der Waals surface area contributed by atoms with E-state index in [2.05, 4.69) is 17.6 Å². The molecule has 0 radical (unpaired) electrons. The van der Waals surface area contributed by atoms with Crippen LogP contribution in [-0.2, 0) is 4.74 Å². The van der Waals surface area contributed by atoms with Crippen LogP contribution in [0, 0.1) is 24.7 Å². The number of ether oxygens (including phenoxy) is 1. The Morgan fingerprint density at radius 2 is 1.33 bits per heavy atom. The van der Waals surface area contributed by atoms with Crippen molar-refractivity contribution in [2.24, 2.45) is 0 Å². The van der Waals surface area contributed by atoms with Gasteiger partial charge >= 0.3 is 11.9 Å². The highest BCUT2D eigenvalue weighted by Gasteiger charge is 2.28. The first-order chi connectivity index (χ1) is 7.20. The average molecular weight is 198 g/mol. The Labute approximate surface area is 87.1 Å². The first-order valence-corrected chi connectivity index (χ1v) is 3.97. The van der Waals surface area contributed by atoms with Crippen molar-refractivity contribution in [3.8, 4) is 24.7 Å². The van der Waals surface area contributed by atoms with Crippen molar-refractivity contribution < 1.29 is 14.3 Å². The number of fused-ring (bicyclic) bond motifs is 1. The van der Waals surface area contributed by atoms with Crippen LogP contribution in [0.15, 0.2) is 24.3 Å². The van der Waals surface area contributed by atoms with Gasteiger partial charge in [-0.2, -0.15) is 0 Å². The number of benzene rings is 1. The van der Waals surface area contributed by atoms with Crippen LogP contribution in [0.1, 0.15) is 20.7 Å². The third kappa shape index (κ3) is 2.24. The summed E-state index contributed by atoms with van der Waals surface area (Å²) in [6.45, 7) is 0. The lowest BCUT2D eigenvalue weighted by Crippen LogP contribution is -1.96. The molecule has 0 amide bonds. The molecule has 0 aromatic heterocycles. The van der Waals surface area contributed by atoms with Crippen molar-refractivity contribution in [1.29, 1.82) is 0 Å². The molecular weight excluding hydrogens is 192 g/mol. The van der Waals surface area contributed by atoms with Gasteiger partial charge in [-0.25, -0.2) is 9.59 Å². The lowest BCUT2D eigenvalue weighted by Gasteiger charge is -1.86. The molecule has 0 spiro atoms. The van der Waals surface area contributed by atoms with Gasteiger partial charge in [-0.3, -0.25) is 0 Å². The van der Waals surface area contributed by atoms with Gasteiger partial charge in [0.05, 0.1) is 11.1 Å². The Balaban J connectivity index is 0.000000245. The summed E-state index contributed by atoms with van der Waals surface area (Å²) in [4.78, 5) is 21.7. The van der Waals surface area contributed by atoms with Crippen LogP contribution in [-0.4, -0.2) is 11.9 Å². The highest BCUT2D eigenvalue weighted by molar-refractivity contribution is 6.14. The lowest BCUT2D eigenvalue weighted by atomic mass is 10.1. The molecule has 1 aliphatic rings. The zero-order chi connectivity index (χ0) is 11.3. The largest absolute Gasteiger partial charge is 0.386 e. The number of terminal acetylenes is 2. The summed E-state index contributed by atoms with van der Waals surface area (Å²) in [6.07, 6.45) is 9.08. The number of hydrogen-bond acceptors (Lipinski definition) is 3. The lowest BCUT2D eigenvalue weighted by molar-refractivity contribution is 0.0444. The van der Waals surface area contributed by atoms with Crippen molar-refractivity contribution in [3.63, 3.8) is 0 Å². The van der Waals surface area contributed by atoms with Crippen molar-refractivity contribution >= 4 is 11.9 Å². The first-order valence-electron chi connectivity index (χ1n) is 3.97. The molecule has 15 heavy (non-hydrogen) atoms. The van der Waals surface area contributed by atoms with E-state index in [9.17, 15) is 9.59 Å². The van der Waals surface area contributed by atoms with Crippen LogP contribution in [0.3, 0.4) is 0 Å². The monoisotopic (exact) mass is 198 g/mol. The molecule has 0 atom stereocenters. The standard InChI is InChI=1S/C8H4O3.C4H2/c9-7-5-3-1-2-4-6(5)8(10)11-7;1-3-4-2/h1-4H;1-2H. The van der Waals surface area contributed by atoms with E-state index in [1.165, 1.54) is 0 Å². The smallest absolute Gasteiger partial charge is 0.346 e. The van der Waals surface area contributed by atoms with Crippen LogP contribution in [0.4, 0.5) is 0 Å². The van der Waals surface area contributed by atoms with Crippen LogP contribution < -0.4 is 0 Å². The normalized spacial score (nSPS) is 11.3. The maximum atomic E-state index is 10.8. The van der Waals surface area contributed by atoms with Crippen LogP contribution >= 0.6 is 0 Å². The Morgan fingerprint density at radius 3 is 1.67 bits per heavy atom. The predicted octanol–water partition coefficient (Wildman–Crippen LogP) is 1.25. The second-order valence-corrected chi connectivity index (χ2v) is 2.51. The first kappa shape index (κ1) is 10.6. The van der Waals surface area contributed by atoms with E-state index < -0.39 is 11.9 Å². The van der Waals surface area contributed by atoms with E-state index in [-0.39, 0.29) is 0 Å². The molecule has 0 unspecified atom stereocenters. The summed E-state index contributed by atoms with van der Waals surface area (Å²) >= 11 is 0. The summed E-state index contributed by atoms with van der Waals surface area (Å²) in [5, 5.41) is 0. The van der Waals surface area contributed by atoms with Crippen molar-refractivity contribution in [1.82, 2.24) is 0 Å². The molecule has 0 fully saturated rings. The Kier molecular flexibility index (Phi) is 3.27. The highest BCUT2D eigenvalue weighted by Crippen LogP contribution is 2.18. The zero-order valence-electron chi connectivity index (χ0n) is 7.69. The zero-order valence-corrected chi connectivity index (χ0v) is 7.69. The summed E-state index contributed by atoms with van der Waals surface area (Å²) in [5.41, 5.74) is 0.718. The molecule has 1 aliphatic heterocycles. The Morgan fingerprint density at radius 1 is 0.933 bits per heavy atom. The van der Waals surface area contributed by atoms with Crippen LogP contribution in [0.25, 0.3) is 0 Å². The van der Waals surface area contributed by atoms with E-state index >= 15 is 0 Å². The van der Waals surface area contributed by atoms with Gasteiger partial charge in [0, 0.05) is 0 Å². The molecule has 2 rings (SSSR count). The third-order valence-corrected chi connectivity index (χ3v) is 1.64. The molecule has 0 saturated carbocycles. The van der Waals surface area contributed by atoms with Gasteiger partial charge in [0.15, 0.2) is 0 Å². The fourth-order valence-corrected chi connectivity index (χ4v) is 1.03. The maximum Gasteiger partial charge on any atom is 0.346 e. The second-order valence-electron chi connectivity index (χ2n) is 2.51. The van der Waals surface area contributed by atoms with Gasteiger partial charge < -0.3 is 4.74 Å². The van der Waals surface area contributed by atoms with Gasteiger partial charge in [-0.1, -0.05) is 12.1 Å². The second kappa shape index (κ2) is 4.64. The van der Waals surface area contributed by atoms with E-state index in [0.29, 0.717) is 11.1 Å². The SMILES string of the molecule is C#CC#C.O=C1OC(=O)c2ccccc21. The molecule has 0 aliphatic carbocycles. The molecule has 1 heterocycles. The average Bonchev–Trinajstić information content (AvgIpc) is 2.56. The summed E-state index contributed by atoms with van der Waals surface area (Å²) in [7, 11) is 0. The molecule has 0 saturated heterocycles. The predicted molar refractivity (Wildman–Crippen MR) is 53.9 cm³/mol. The minimum absolute atomic E-state index is 0.359. The van der Waals surface area contributed by atoms with Gasteiger partial charge in [0.1, 0.15) is 0 Å². The number of hydrogen-bond donors (Lipinski definition) is 0. The molecule has 72 valence electrons. The molecule has 1 aromatic rings. The van der Waals surface area contributed by atoms with Crippen LogP contribution in [0.5, 0.6) is 0 Å². The van der Waals surface area contributed by atoms with E-state index in [1.807, 2.05) is 11.8 Å². The molecule has 3 nitrogen and oxygen atoms in total. The quantitative estimate of drug-likeness (QED) is 0.358. The number of carbonyl (C=O) groups excluding carboxylic acids is 2. The maximum absolute atomic E-state index is 10.8. The summed E-state index contributed by atoms with van der Waals surface area (Å²) in [6, 6.07) is 6.53. The molecule has 0 bridgehead atoms. The van der Waals surface area contributed by atoms with E-state index in [4.69, 9.17) is 0 Å². The minimum atomic E-state index is -0.550. The van der Waals surface area contributed by atoms with Gasteiger partial charge in [-0.15, -0.1) is 12.8 Å². The fraction of sp³-hybridized carbons (Fsp3) is 0. The van der Waals surface area contributed by atoms with Crippen molar-refractivity contribution in [2.45, 2.75) is 0 Å². The summed E-state index contributed by atoms with van der Waals surface area (Å²) < 4.78 is 4.35.